The van der Waals surface area contributed by atoms with Crippen molar-refractivity contribution in [1.82, 2.24) is 9.97 Å². The number of hydrogen-bond acceptors (Lipinski definition) is 5. The predicted octanol–water partition coefficient (Wildman–Crippen LogP) is 4.06. The molecule has 4 nitrogen and oxygen atoms in total. The molecule has 1 aliphatic rings. The number of hydrogen-bond donors (Lipinski definition) is 1. The predicted molar refractivity (Wildman–Crippen MR) is 91.6 cm³/mol. The van der Waals surface area contributed by atoms with Gasteiger partial charge in [-0.1, -0.05) is 13.8 Å². The van der Waals surface area contributed by atoms with Crippen molar-refractivity contribution in [1.29, 1.82) is 0 Å². The maximum absolute atomic E-state index is 4.80. The minimum atomic E-state index is 0.617. The molecule has 1 N–H and O–H groups in total. The van der Waals surface area contributed by atoms with E-state index in [4.69, 9.17) is 4.98 Å². The van der Waals surface area contributed by atoms with Gasteiger partial charge in [0.15, 0.2) is 0 Å². The van der Waals surface area contributed by atoms with Gasteiger partial charge in [-0.15, -0.1) is 11.3 Å². The number of piperidine rings is 1. The topological polar surface area (TPSA) is 41.1 Å². The molecule has 2 aromatic rings. The van der Waals surface area contributed by atoms with Crippen LogP contribution in [-0.4, -0.2) is 29.6 Å². The molecule has 0 aliphatic carbocycles. The summed E-state index contributed by atoms with van der Waals surface area (Å²) in [6.45, 7) is 5.60. The van der Waals surface area contributed by atoms with Crippen LogP contribution in [0.15, 0.2) is 6.07 Å². The molecule has 0 radical (unpaired) electrons. The fraction of sp³-hybridized carbons (Fsp3) is 0.625. The molecule has 0 bridgehead atoms. The molecule has 0 amide bonds. The summed E-state index contributed by atoms with van der Waals surface area (Å²) in [5, 5.41) is 4.35. The Kier molecular flexibility index (Phi) is 4.29. The van der Waals surface area contributed by atoms with E-state index in [1.54, 1.807) is 11.3 Å². The number of rotatable bonds is 4. The molecule has 1 aliphatic heterocycles. The number of nitrogens with one attached hydrogen (secondary N) is 1. The summed E-state index contributed by atoms with van der Waals surface area (Å²) in [5.74, 6) is 1.87. The number of anilines is 2. The summed E-state index contributed by atoms with van der Waals surface area (Å²) in [5.41, 5.74) is 0. The van der Waals surface area contributed by atoms with Crippen LogP contribution in [0.3, 0.4) is 0 Å². The van der Waals surface area contributed by atoms with E-state index in [0.717, 1.165) is 29.6 Å². The molecule has 0 aromatic carbocycles. The Balaban J connectivity index is 2.12. The van der Waals surface area contributed by atoms with Crippen LogP contribution in [0.5, 0.6) is 0 Å². The van der Waals surface area contributed by atoms with E-state index in [0.29, 0.717) is 6.04 Å². The first-order valence-corrected chi connectivity index (χ1v) is 8.83. The fourth-order valence-electron chi connectivity index (χ4n) is 3.17. The average Bonchev–Trinajstić information content (AvgIpc) is 2.96. The summed E-state index contributed by atoms with van der Waals surface area (Å²) in [6.07, 6.45) is 6.13. The second-order valence-corrected chi connectivity index (χ2v) is 6.77. The van der Waals surface area contributed by atoms with Gasteiger partial charge >= 0.3 is 0 Å². The van der Waals surface area contributed by atoms with Crippen molar-refractivity contribution in [3.63, 3.8) is 0 Å². The van der Waals surface area contributed by atoms with Crippen LogP contribution >= 0.6 is 11.3 Å². The van der Waals surface area contributed by atoms with Gasteiger partial charge in [-0.3, -0.25) is 0 Å². The molecular weight excluding hydrogens is 280 g/mol. The van der Waals surface area contributed by atoms with Gasteiger partial charge in [0, 0.05) is 24.5 Å². The van der Waals surface area contributed by atoms with E-state index in [-0.39, 0.29) is 0 Å². The second kappa shape index (κ2) is 6.18. The third-order valence-electron chi connectivity index (χ3n) is 4.37. The van der Waals surface area contributed by atoms with Crippen molar-refractivity contribution in [3.8, 4) is 0 Å². The Morgan fingerprint density at radius 2 is 2.19 bits per heavy atom. The highest BCUT2D eigenvalue weighted by Crippen LogP contribution is 2.35. The van der Waals surface area contributed by atoms with Gasteiger partial charge in [0.25, 0.3) is 0 Å². The summed E-state index contributed by atoms with van der Waals surface area (Å²) in [4.78, 5) is 14.5. The molecule has 1 saturated heterocycles. The molecule has 0 saturated carbocycles. The molecule has 114 valence electrons. The number of aryl methyl sites for hydroxylation is 1. The quantitative estimate of drug-likeness (QED) is 0.924. The Hall–Kier alpha value is -1.36. The minimum absolute atomic E-state index is 0.617. The third kappa shape index (κ3) is 2.71. The van der Waals surface area contributed by atoms with E-state index < -0.39 is 0 Å². The van der Waals surface area contributed by atoms with Gasteiger partial charge in [-0.05, 0) is 38.2 Å². The Bertz CT molecular complexity index is 622. The molecule has 3 rings (SSSR count). The molecule has 1 fully saturated rings. The standard InChI is InChI=1S/C16H24N4S/c1-4-11-8-6-7-9-20(11)14-13-10-12(5-2)21-15(13)19-16(17-3)18-14/h10-11H,4-9H2,1-3H3,(H,17,18,19). The zero-order chi connectivity index (χ0) is 14.8. The molecule has 2 aromatic heterocycles. The van der Waals surface area contributed by atoms with Gasteiger partial charge in [0.2, 0.25) is 5.95 Å². The number of aromatic nitrogens is 2. The summed E-state index contributed by atoms with van der Waals surface area (Å²) in [7, 11) is 1.90. The Labute approximate surface area is 130 Å². The molecule has 0 spiro atoms. The van der Waals surface area contributed by atoms with E-state index in [1.807, 2.05) is 7.05 Å². The summed E-state index contributed by atoms with van der Waals surface area (Å²) >= 11 is 1.80. The van der Waals surface area contributed by atoms with Crippen LogP contribution in [0.2, 0.25) is 0 Å². The van der Waals surface area contributed by atoms with Crippen molar-refractivity contribution in [2.45, 2.75) is 52.0 Å². The van der Waals surface area contributed by atoms with Crippen LogP contribution in [-0.2, 0) is 6.42 Å². The van der Waals surface area contributed by atoms with Crippen molar-refractivity contribution in [2.75, 3.05) is 23.8 Å². The van der Waals surface area contributed by atoms with Gasteiger partial charge < -0.3 is 10.2 Å². The lowest BCUT2D eigenvalue weighted by atomic mass is 10.00. The molecule has 1 unspecified atom stereocenters. The maximum atomic E-state index is 4.80. The number of fused-ring (bicyclic) bond motifs is 1. The Morgan fingerprint density at radius 1 is 1.33 bits per heavy atom. The van der Waals surface area contributed by atoms with Gasteiger partial charge in [-0.2, -0.15) is 4.98 Å². The van der Waals surface area contributed by atoms with Crippen molar-refractivity contribution < 1.29 is 0 Å². The zero-order valence-electron chi connectivity index (χ0n) is 13.1. The van der Waals surface area contributed by atoms with Crippen LogP contribution in [0.25, 0.3) is 10.2 Å². The number of nitrogens with zero attached hydrogens (tertiary/aromatic N) is 3. The lowest BCUT2D eigenvalue weighted by Gasteiger charge is -2.36. The summed E-state index contributed by atoms with van der Waals surface area (Å²) in [6, 6.07) is 2.90. The Morgan fingerprint density at radius 3 is 2.90 bits per heavy atom. The maximum Gasteiger partial charge on any atom is 0.225 e. The first kappa shape index (κ1) is 14.6. The van der Waals surface area contributed by atoms with Crippen LogP contribution in [0.4, 0.5) is 11.8 Å². The normalized spacial score (nSPS) is 19.2. The highest BCUT2D eigenvalue weighted by molar-refractivity contribution is 7.18. The van der Waals surface area contributed by atoms with Gasteiger partial charge in [-0.25, -0.2) is 4.98 Å². The third-order valence-corrected chi connectivity index (χ3v) is 5.54. The SMILES string of the molecule is CCc1cc2c(N3CCCCC3CC)nc(NC)nc2s1. The van der Waals surface area contributed by atoms with Crippen molar-refractivity contribution in [3.05, 3.63) is 10.9 Å². The smallest absolute Gasteiger partial charge is 0.225 e. The highest BCUT2D eigenvalue weighted by atomic mass is 32.1. The second-order valence-electron chi connectivity index (χ2n) is 5.66. The van der Waals surface area contributed by atoms with E-state index in [9.17, 15) is 0 Å². The van der Waals surface area contributed by atoms with Crippen molar-refractivity contribution >= 4 is 33.3 Å². The first-order chi connectivity index (χ1) is 10.3. The molecule has 5 heteroatoms. The van der Waals surface area contributed by atoms with E-state index in [1.165, 1.54) is 35.9 Å². The lowest BCUT2D eigenvalue weighted by molar-refractivity contribution is 0.448. The fourth-order valence-corrected chi connectivity index (χ4v) is 4.13. The van der Waals surface area contributed by atoms with Gasteiger partial charge in [0.05, 0.1) is 5.39 Å². The first-order valence-electron chi connectivity index (χ1n) is 8.01. The minimum Gasteiger partial charge on any atom is -0.357 e. The molecule has 1 atom stereocenters. The van der Waals surface area contributed by atoms with Crippen molar-refractivity contribution in [2.24, 2.45) is 0 Å². The highest BCUT2D eigenvalue weighted by Gasteiger charge is 2.25. The van der Waals surface area contributed by atoms with E-state index in [2.05, 4.69) is 35.1 Å². The monoisotopic (exact) mass is 304 g/mol. The summed E-state index contributed by atoms with van der Waals surface area (Å²) < 4.78 is 0. The lowest BCUT2D eigenvalue weighted by Crippen LogP contribution is -2.39. The average molecular weight is 304 g/mol. The van der Waals surface area contributed by atoms with Crippen LogP contribution < -0.4 is 10.2 Å². The molecular formula is C16H24N4S. The molecule has 3 heterocycles. The largest absolute Gasteiger partial charge is 0.357 e. The van der Waals surface area contributed by atoms with Crippen LogP contribution in [0, 0.1) is 0 Å². The van der Waals surface area contributed by atoms with Gasteiger partial charge in [0.1, 0.15) is 10.6 Å². The van der Waals surface area contributed by atoms with E-state index >= 15 is 0 Å². The zero-order valence-corrected chi connectivity index (χ0v) is 14.0. The van der Waals surface area contributed by atoms with Crippen LogP contribution in [0.1, 0.15) is 44.4 Å². The number of thiophene rings is 1. The molecule has 21 heavy (non-hydrogen) atoms.